The van der Waals surface area contributed by atoms with Crippen molar-refractivity contribution in [2.75, 3.05) is 46.2 Å². The van der Waals surface area contributed by atoms with Gasteiger partial charge in [-0.2, -0.15) is 0 Å². The van der Waals surface area contributed by atoms with Crippen molar-refractivity contribution in [3.05, 3.63) is 0 Å². The molecule has 0 saturated heterocycles. The molecule has 0 bridgehead atoms. The van der Waals surface area contributed by atoms with Crippen molar-refractivity contribution in [1.29, 1.82) is 0 Å². The number of carbonyl (C=O) groups is 1. The van der Waals surface area contributed by atoms with Crippen LogP contribution < -0.4 is 0 Å². The molecule has 21 heavy (non-hydrogen) atoms. The van der Waals surface area contributed by atoms with Gasteiger partial charge in [-0.05, 0) is 18.3 Å². The first kappa shape index (κ1) is 20.3. The van der Waals surface area contributed by atoms with Crippen LogP contribution in [0.5, 0.6) is 0 Å². The number of hydrogen-bond donors (Lipinski definition) is 0. The maximum atomic E-state index is 11.3. The maximum absolute atomic E-state index is 11.3. The normalized spacial score (nSPS) is 11.3. The topological polar surface area (TPSA) is 54.0 Å². The molecule has 0 aliphatic carbocycles. The molecule has 126 valence electrons. The van der Waals surface area contributed by atoms with E-state index in [0.29, 0.717) is 64.3 Å². The molecular formula is C16H32O5. The second-order valence-electron chi connectivity index (χ2n) is 5.87. The summed E-state index contributed by atoms with van der Waals surface area (Å²) in [6.07, 6.45) is 1.10. The third-order valence-electron chi connectivity index (χ3n) is 2.44. The largest absolute Gasteiger partial charge is 0.465 e. The summed E-state index contributed by atoms with van der Waals surface area (Å²) in [5, 5.41) is 0. The number of hydrogen-bond acceptors (Lipinski definition) is 5. The summed E-state index contributed by atoms with van der Waals surface area (Å²) in [5.41, 5.74) is 0. The average Bonchev–Trinajstić information content (AvgIpc) is 2.42. The van der Waals surface area contributed by atoms with Gasteiger partial charge >= 0.3 is 5.97 Å². The van der Waals surface area contributed by atoms with E-state index in [2.05, 4.69) is 13.8 Å². The summed E-state index contributed by atoms with van der Waals surface area (Å²) in [6, 6.07) is 0. The zero-order chi connectivity index (χ0) is 15.9. The zero-order valence-corrected chi connectivity index (χ0v) is 14.1. The predicted octanol–water partition coefficient (Wildman–Crippen LogP) is 2.67. The van der Waals surface area contributed by atoms with Crippen LogP contribution in [0.25, 0.3) is 0 Å². The Morgan fingerprint density at radius 2 is 1.29 bits per heavy atom. The minimum Gasteiger partial charge on any atom is -0.465 e. The molecule has 0 aromatic rings. The summed E-state index contributed by atoms with van der Waals surface area (Å²) >= 11 is 0. The molecule has 0 radical (unpaired) electrons. The summed E-state index contributed by atoms with van der Waals surface area (Å²) in [6.45, 7) is 12.4. The molecule has 0 fully saturated rings. The highest BCUT2D eigenvalue weighted by molar-refractivity contribution is 5.69. The quantitative estimate of drug-likeness (QED) is 0.365. The lowest BCUT2D eigenvalue weighted by molar-refractivity contribution is -0.145. The monoisotopic (exact) mass is 304 g/mol. The van der Waals surface area contributed by atoms with E-state index in [1.54, 1.807) is 0 Å². The highest BCUT2D eigenvalue weighted by Gasteiger charge is 2.03. The Balaban J connectivity index is 3.13. The lowest BCUT2D eigenvalue weighted by atomic mass is 10.2. The molecular weight excluding hydrogens is 272 g/mol. The summed E-state index contributed by atoms with van der Waals surface area (Å²) < 4.78 is 21.2. The van der Waals surface area contributed by atoms with Crippen molar-refractivity contribution in [2.45, 2.75) is 40.5 Å². The summed E-state index contributed by atoms with van der Waals surface area (Å²) in [7, 11) is 0. The van der Waals surface area contributed by atoms with Crippen LogP contribution in [0, 0.1) is 11.8 Å². The van der Waals surface area contributed by atoms with Gasteiger partial charge in [-0.15, -0.1) is 0 Å². The first-order chi connectivity index (χ1) is 10.0. The fraction of sp³-hybridized carbons (Fsp3) is 0.938. The summed E-state index contributed by atoms with van der Waals surface area (Å²) in [4.78, 5) is 11.3. The lowest BCUT2D eigenvalue weighted by Gasteiger charge is -2.08. The Hall–Kier alpha value is -0.650. The van der Waals surface area contributed by atoms with Gasteiger partial charge in [0.25, 0.3) is 0 Å². The van der Waals surface area contributed by atoms with Crippen molar-refractivity contribution in [3.63, 3.8) is 0 Å². The number of ether oxygens (including phenoxy) is 4. The molecule has 0 spiro atoms. The van der Waals surface area contributed by atoms with Gasteiger partial charge in [0, 0.05) is 19.6 Å². The van der Waals surface area contributed by atoms with E-state index in [1.165, 1.54) is 0 Å². The van der Waals surface area contributed by atoms with Crippen LogP contribution in [0.1, 0.15) is 40.5 Å². The fourth-order valence-corrected chi connectivity index (χ4v) is 1.41. The third kappa shape index (κ3) is 17.3. The first-order valence-corrected chi connectivity index (χ1v) is 7.91. The molecule has 0 aliphatic rings. The van der Waals surface area contributed by atoms with E-state index in [9.17, 15) is 4.79 Å². The van der Waals surface area contributed by atoms with E-state index < -0.39 is 0 Å². The van der Waals surface area contributed by atoms with E-state index in [1.807, 2.05) is 13.8 Å². The Morgan fingerprint density at radius 1 is 0.762 bits per heavy atom. The number of esters is 1. The molecule has 0 saturated carbocycles. The molecule has 0 aromatic heterocycles. The van der Waals surface area contributed by atoms with Crippen LogP contribution in [-0.2, 0) is 23.7 Å². The van der Waals surface area contributed by atoms with Gasteiger partial charge in [0.15, 0.2) is 0 Å². The van der Waals surface area contributed by atoms with E-state index in [4.69, 9.17) is 18.9 Å². The zero-order valence-electron chi connectivity index (χ0n) is 14.1. The van der Waals surface area contributed by atoms with Crippen molar-refractivity contribution >= 4 is 5.97 Å². The van der Waals surface area contributed by atoms with Gasteiger partial charge < -0.3 is 18.9 Å². The molecule has 0 rings (SSSR count). The van der Waals surface area contributed by atoms with Crippen molar-refractivity contribution in [3.8, 4) is 0 Å². The SMILES string of the molecule is CC(C)COCCOCCOCCCC(=O)OCC(C)C. The van der Waals surface area contributed by atoms with Crippen LogP contribution >= 0.6 is 0 Å². The predicted molar refractivity (Wildman–Crippen MR) is 82.3 cm³/mol. The van der Waals surface area contributed by atoms with Gasteiger partial charge in [0.2, 0.25) is 0 Å². The highest BCUT2D eigenvalue weighted by atomic mass is 16.5. The fourth-order valence-electron chi connectivity index (χ4n) is 1.41. The maximum Gasteiger partial charge on any atom is 0.305 e. The molecule has 5 nitrogen and oxygen atoms in total. The highest BCUT2D eigenvalue weighted by Crippen LogP contribution is 1.98. The van der Waals surface area contributed by atoms with Crippen LogP contribution in [0.3, 0.4) is 0 Å². The van der Waals surface area contributed by atoms with E-state index >= 15 is 0 Å². The number of rotatable bonds is 14. The van der Waals surface area contributed by atoms with Crippen LogP contribution in [0.4, 0.5) is 0 Å². The van der Waals surface area contributed by atoms with Crippen molar-refractivity contribution < 1.29 is 23.7 Å². The third-order valence-corrected chi connectivity index (χ3v) is 2.44. The standard InChI is InChI=1S/C16H32O5/c1-14(2)12-20-11-10-19-9-8-18-7-5-6-16(17)21-13-15(3)4/h14-15H,5-13H2,1-4H3. The van der Waals surface area contributed by atoms with Crippen LogP contribution in [-0.4, -0.2) is 52.2 Å². The van der Waals surface area contributed by atoms with Gasteiger partial charge in [-0.1, -0.05) is 27.7 Å². The molecule has 0 unspecified atom stereocenters. The Kier molecular flexibility index (Phi) is 13.9. The summed E-state index contributed by atoms with van der Waals surface area (Å²) in [5.74, 6) is 0.790. The molecule has 0 atom stereocenters. The van der Waals surface area contributed by atoms with Crippen LogP contribution in [0.2, 0.25) is 0 Å². The molecule has 0 N–H and O–H groups in total. The molecule has 0 aliphatic heterocycles. The van der Waals surface area contributed by atoms with E-state index in [-0.39, 0.29) is 5.97 Å². The Morgan fingerprint density at radius 3 is 1.86 bits per heavy atom. The Labute approximate surface area is 129 Å². The number of carbonyl (C=O) groups excluding carboxylic acids is 1. The van der Waals surface area contributed by atoms with Gasteiger partial charge in [-0.25, -0.2) is 0 Å². The minimum atomic E-state index is -0.147. The van der Waals surface area contributed by atoms with Gasteiger partial charge in [-0.3, -0.25) is 4.79 Å². The minimum absolute atomic E-state index is 0.147. The molecule has 5 heteroatoms. The second-order valence-corrected chi connectivity index (χ2v) is 5.87. The van der Waals surface area contributed by atoms with Crippen molar-refractivity contribution in [1.82, 2.24) is 0 Å². The molecule has 0 aromatic carbocycles. The second kappa shape index (κ2) is 14.3. The van der Waals surface area contributed by atoms with Gasteiger partial charge in [0.05, 0.1) is 33.0 Å². The first-order valence-electron chi connectivity index (χ1n) is 7.91. The van der Waals surface area contributed by atoms with Gasteiger partial charge in [0.1, 0.15) is 0 Å². The Bertz CT molecular complexity index is 241. The van der Waals surface area contributed by atoms with E-state index in [0.717, 1.165) is 6.61 Å². The molecule has 0 amide bonds. The van der Waals surface area contributed by atoms with Crippen molar-refractivity contribution in [2.24, 2.45) is 11.8 Å². The van der Waals surface area contributed by atoms with Crippen LogP contribution in [0.15, 0.2) is 0 Å². The molecule has 0 heterocycles. The smallest absolute Gasteiger partial charge is 0.305 e. The average molecular weight is 304 g/mol. The lowest BCUT2D eigenvalue weighted by Crippen LogP contribution is -2.13.